The van der Waals surface area contributed by atoms with E-state index >= 15 is 0 Å². The summed E-state index contributed by atoms with van der Waals surface area (Å²) in [5.74, 6) is 0.469. The highest BCUT2D eigenvalue weighted by Gasteiger charge is 2.18. The van der Waals surface area contributed by atoms with Gasteiger partial charge in [0.1, 0.15) is 0 Å². The number of carbonyl (C=O) groups is 1. The number of amides is 1. The lowest BCUT2D eigenvalue weighted by Gasteiger charge is -2.20. The molecule has 112 valence electrons. The molecule has 0 spiro atoms. The van der Waals surface area contributed by atoms with Crippen LogP contribution in [0.25, 0.3) is 0 Å². The standard InChI is InChI=1S/C11H18N4O3S2/c12-20(17,18)11-15-14-10(19-11)13-9(16)7-6-8-4-2-1-3-5-8/h8H,1-7H2,(H2,12,17,18)(H,13,14,16). The molecule has 0 bridgehead atoms. The zero-order chi connectivity index (χ0) is 14.6. The molecule has 1 aliphatic rings. The molecule has 1 heterocycles. The summed E-state index contributed by atoms with van der Waals surface area (Å²) >= 11 is 0.762. The first kappa shape index (κ1) is 15.3. The van der Waals surface area contributed by atoms with E-state index in [0.29, 0.717) is 12.3 Å². The van der Waals surface area contributed by atoms with E-state index in [9.17, 15) is 13.2 Å². The molecule has 7 nitrogen and oxygen atoms in total. The number of aromatic nitrogens is 2. The number of primary sulfonamides is 1. The van der Waals surface area contributed by atoms with Gasteiger partial charge in [-0.15, -0.1) is 10.2 Å². The molecular formula is C11H18N4O3S2. The van der Waals surface area contributed by atoms with Crippen molar-refractivity contribution < 1.29 is 13.2 Å². The molecule has 1 aromatic heterocycles. The molecule has 0 unspecified atom stereocenters. The summed E-state index contributed by atoms with van der Waals surface area (Å²) in [5, 5.41) is 14.7. The number of hydrogen-bond donors (Lipinski definition) is 2. The van der Waals surface area contributed by atoms with E-state index in [1.165, 1.54) is 32.1 Å². The van der Waals surface area contributed by atoms with E-state index in [-0.39, 0.29) is 15.4 Å². The Morgan fingerprint density at radius 1 is 1.30 bits per heavy atom. The highest BCUT2D eigenvalue weighted by atomic mass is 32.2. The molecule has 1 saturated carbocycles. The van der Waals surface area contributed by atoms with E-state index < -0.39 is 10.0 Å². The number of hydrogen-bond acceptors (Lipinski definition) is 6. The molecule has 1 fully saturated rings. The molecule has 20 heavy (non-hydrogen) atoms. The zero-order valence-corrected chi connectivity index (χ0v) is 12.7. The summed E-state index contributed by atoms with van der Waals surface area (Å²) in [7, 11) is -3.85. The Hall–Kier alpha value is -1.06. The molecule has 9 heteroatoms. The number of nitrogens with zero attached hydrogens (tertiary/aromatic N) is 2. The molecule has 2 rings (SSSR count). The Kier molecular flexibility index (Phi) is 5.06. The van der Waals surface area contributed by atoms with Crippen molar-refractivity contribution in [2.24, 2.45) is 11.1 Å². The smallest absolute Gasteiger partial charge is 0.267 e. The number of carbonyl (C=O) groups excluding carboxylic acids is 1. The minimum Gasteiger partial charge on any atom is -0.301 e. The van der Waals surface area contributed by atoms with Crippen LogP contribution in [0.1, 0.15) is 44.9 Å². The van der Waals surface area contributed by atoms with Crippen molar-refractivity contribution in [2.45, 2.75) is 49.3 Å². The summed E-state index contributed by atoms with van der Waals surface area (Å²) in [6.07, 6.45) is 7.48. The monoisotopic (exact) mass is 318 g/mol. The van der Waals surface area contributed by atoms with Crippen LogP contribution in [-0.2, 0) is 14.8 Å². The highest BCUT2D eigenvalue weighted by Crippen LogP contribution is 2.27. The molecular weight excluding hydrogens is 300 g/mol. The van der Waals surface area contributed by atoms with Crippen LogP contribution < -0.4 is 10.5 Å². The van der Waals surface area contributed by atoms with Crippen molar-refractivity contribution in [1.29, 1.82) is 0 Å². The molecule has 1 aromatic rings. The van der Waals surface area contributed by atoms with Gasteiger partial charge in [0.15, 0.2) is 0 Å². The SMILES string of the molecule is NS(=O)(=O)c1nnc(NC(=O)CCC2CCCCC2)s1. The third kappa shape index (κ3) is 4.50. The van der Waals surface area contributed by atoms with Gasteiger partial charge in [-0.2, -0.15) is 0 Å². The molecule has 1 aliphatic carbocycles. The Balaban J connectivity index is 1.80. The normalized spacial score (nSPS) is 17.1. The Morgan fingerprint density at radius 3 is 2.60 bits per heavy atom. The van der Waals surface area contributed by atoms with E-state index in [4.69, 9.17) is 5.14 Å². The molecule has 0 radical (unpaired) electrons. The summed E-state index contributed by atoms with van der Waals surface area (Å²) in [6.45, 7) is 0. The van der Waals surface area contributed by atoms with Gasteiger partial charge in [-0.3, -0.25) is 4.79 Å². The number of rotatable bonds is 5. The second-order valence-electron chi connectivity index (χ2n) is 5.01. The van der Waals surface area contributed by atoms with Gasteiger partial charge in [-0.1, -0.05) is 43.4 Å². The lowest BCUT2D eigenvalue weighted by Crippen LogP contribution is -2.14. The Labute approximate surface area is 122 Å². The number of nitrogens with one attached hydrogen (secondary N) is 1. The topological polar surface area (TPSA) is 115 Å². The van der Waals surface area contributed by atoms with Crippen molar-refractivity contribution in [1.82, 2.24) is 10.2 Å². The number of sulfonamides is 1. The van der Waals surface area contributed by atoms with Crippen molar-refractivity contribution in [3.8, 4) is 0 Å². The van der Waals surface area contributed by atoms with Gasteiger partial charge in [-0.25, -0.2) is 13.6 Å². The zero-order valence-electron chi connectivity index (χ0n) is 11.0. The fourth-order valence-electron chi connectivity index (χ4n) is 2.37. The largest absolute Gasteiger partial charge is 0.301 e. The molecule has 0 atom stereocenters. The van der Waals surface area contributed by atoms with Crippen LogP contribution in [0.3, 0.4) is 0 Å². The van der Waals surface area contributed by atoms with Crippen LogP contribution >= 0.6 is 11.3 Å². The van der Waals surface area contributed by atoms with Gasteiger partial charge in [0, 0.05) is 6.42 Å². The van der Waals surface area contributed by atoms with Crippen molar-refractivity contribution in [3.63, 3.8) is 0 Å². The summed E-state index contributed by atoms with van der Waals surface area (Å²) in [4.78, 5) is 11.8. The molecule has 0 saturated heterocycles. The fraction of sp³-hybridized carbons (Fsp3) is 0.727. The summed E-state index contributed by atoms with van der Waals surface area (Å²) < 4.78 is 21.8. The third-order valence-corrected chi connectivity index (χ3v) is 5.55. The maximum absolute atomic E-state index is 11.8. The Bertz CT molecular complexity index is 564. The molecule has 0 aliphatic heterocycles. The predicted octanol–water partition coefficient (Wildman–Crippen LogP) is 1.48. The Morgan fingerprint density at radius 2 is 2.00 bits per heavy atom. The van der Waals surface area contributed by atoms with Crippen molar-refractivity contribution in [2.75, 3.05) is 5.32 Å². The minimum absolute atomic E-state index is 0.160. The van der Waals surface area contributed by atoms with Gasteiger partial charge in [0.2, 0.25) is 15.4 Å². The average Bonchev–Trinajstić information content (AvgIpc) is 2.86. The van der Waals surface area contributed by atoms with Gasteiger partial charge < -0.3 is 5.32 Å². The van der Waals surface area contributed by atoms with Crippen molar-refractivity contribution in [3.05, 3.63) is 0 Å². The van der Waals surface area contributed by atoms with E-state index in [0.717, 1.165) is 17.8 Å². The molecule has 3 N–H and O–H groups in total. The van der Waals surface area contributed by atoms with Crippen LogP contribution in [0.4, 0.5) is 5.13 Å². The average molecular weight is 318 g/mol. The highest BCUT2D eigenvalue weighted by molar-refractivity contribution is 7.91. The van der Waals surface area contributed by atoms with E-state index in [1.54, 1.807) is 0 Å². The van der Waals surface area contributed by atoms with Crippen LogP contribution in [0.5, 0.6) is 0 Å². The van der Waals surface area contributed by atoms with Gasteiger partial charge in [0.25, 0.3) is 10.0 Å². The first-order chi connectivity index (χ1) is 9.45. The lowest BCUT2D eigenvalue weighted by atomic mass is 9.86. The number of nitrogens with two attached hydrogens (primary N) is 1. The summed E-state index contributed by atoms with van der Waals surface area (Å²) in [5.41, 5.74) is 0. The maximum Gasteiger partial charge on any atom is 0.267 e. The van der Waals surface area contributed by atoms with Gasteiger partial charge in [0.05, 0.1) is 0 Å². The molecule has 1 amide bonds. The third-order valence-electron chi connectivity index (χ3n) is 3.40. The van der Waals surface area contributed by atoms with Crippen LogP contribution in [0.2, 0.25) is 0 Å². The second kappa shape index (κ2) is 6.59. The lowest BCUT2D eigenvalue weighted by molar-refractivity contribution is -0.116. The van der Waals surface area contributed by atoms with Gasteiger partial charge in [-0.05, 0) is 12.3 Å². The van der Waals surface area contributed by atoms with Gasteiger partial charge >= 0.3 is 0 Å². The fourth-order valence-corrected chi connectivity index (χ4v) is 3.72. The first-order valence-corrected chi connectivity index (χ1v) is 8.97. The van der Waals surface area contributed by atoms with E-state index in [1.807, 2.05) is 0 Å². The maximum atomic E-state index is 11.8. The van der Waals surface area contributed by atoms with Crippen LogP contribution in [-0.4, -0.2) is 24.5 Å². The van der Waals surface area contributed by atoms with Crippen LogP contribution in [0, 0.1) is 5.92 Å². The summed E-state index contributed by atoms with van der Waals surface area (Å²) in [6, 6.07) is 0. The second-order valence-corrected chi connectivity index (χ2v) is 7.72. The number of anilines is 1. The van der Waals surface area contributed by atoms with E-state index in [2.05, 4.69) is 15.5 Å². The minimum atomic E-state index is -3.85. The quantitative estimate of drug-likeness (QED) is 0.798. The van der Waals surface area contributed by atoms with Crippen molar-refractivity contribution >= 4 is 32.4 Å². The first-order valence-electron chi connectivity index (χ1n) is 6.61. The predicted molar refractivity (Wildman–Crippen MR) is 75.7 cm³/mol. The van der Waals surface area contributed by atoms with Crippen LogP contribution in [0.15, 0.2) is 4.34 Å². The molecule has 0 aromatic carbocycles.